The summed E-state index contributed by atoms with van der Waals surface area (Å²) in [5, 5.41) is 17.2. The van der Waals surface area contributed by atoms with E-state index in [1.165, 1.54) is 36.0 Å². The minimum absolute atomic E-state index is 0.00180. The lowest BCUT2D eigenvalue weighted by atomic mass is 10.3. The van der Waals surface area contributed by atoms with Crippen molar-refractivity contribution in [2.45, 2.75) is 28.9 Å². The molecule has 2 fully saturated rings. The van der Waals surface area contributed by atoms with Crippen LogP contribution in [0.1, 0.15) is 18.9 Å². The lowest BCUT2D eigenvalue weighted by Crippen LogP contribution is -2.38. The minimum Gasteiger partial charge on any atom is -0.378 e. The predicted molar refractivity (Wildman–Crippen MR) is 108 cm³/mol. The predicted octanol–water partition coefficient (Wildman–Crippen LogP) is 0.828. The molecule has 2 aromatic rings. The molecule has 1 aromatic carbocycles. The first kappa shape index (κ1) is 20.1. The Morgan fingerprint density at radius 3 is 2.52 bits per heavy atom. The number of carbonyl (C=O) groups excluding carboxylic acids is 1. The van der Waals surface area contributed by atoms with Crippen LogP contribution in [0, 0.1) is 0 Å². The van der Waals surface area contributed by atoms with Crippen LogP contribution in [0.2, 0.25) is 0 Å². The number of hydrogen-bond acceptors (Lipinski definition) is 8. The van der Waals surface area contributed by atoms with Crippen molar-refractivity contribution in [2.75, 3.05) is 42.3 Å². The highest BCUT2D eigenvalue weighted by Crippen LogP contribution is 2.41. The van der Waals surface area contributed by atoms with Crippen molar-refractivity contribution in [3.8, 4) is 0 Å². The van der Waals surface area contributed by atoms with Gasteiger partial charge in [0.25, 0.3) is 0 Å². The van der Waals surface area contributed by atoms with Gasteiger partial charge in [-0.2, -0.15) is 0 Å². The first-order valence-electron chi connectivity index (χ1n) is 9.25. The fourth-order valence-corrected chi connectivity index (χ4v) is 4.37. The second-order valence-electron chi connectivity index (χ2n) is 6.89. The number of primary sulfonamides is 1. The fraction of sp³-hybridized carbons (Fsp3) is 0.471. The van der Waals surface area contributed by atoms with Crippen LogP contribution in [0.15, 0.2) is 34.3 Å². The Labute approximate surface area is 172 Å². The summed E-state index contributed by atoms with van der Waals surface area (Å²) in [5.74, 6) is 0.805. The van der Waals surface area contributed by atoms with Gasteiger partial charge >= 0.3 is 0 Å². The average molecular weight is 439 g/mol. The molecule has 0 unspecified atom stereocenters. The van der Waals surface area contributed by atoms with Crippen molar-refractivity contribution in [2.24, 2.45) is 5.14 Å². The highest BCUT2D eigenvalue weighted by molar-refractivity contribution is 7.99. The number of nitrogens with zero attached hydrogens (tertiary/aromatic N) is 4. The number of nitrogens with two attached hydrogens (primary N) is 1. The van der Waals surface area contributed by atoms with Crippen LogP contribution in [-0.2, 0) is 19.6 Å². The van der Waals surface area contributed by atoms with Crippen molar-refractivity contribution >= 4 is 39.3 Å². The number of thioether (sulfide) groups is 1. The molecule has 0 bridgehead atoms. The van der Waals surface area contributed by atoms with Gasteiger partial charge in [0.05, 0.1) is 23.9 Å². The van der Waals surface area contributed by atoms with Gasteiger partial charge in [-0.1, -0.05) is 11.8 Å². The second-order valence-corrected chi connectivity index (χ2v) is 9.39. The Bertz CT molecular complexity index is 982. The van der Waals surface area contributed by atoms with Crippen molar-refractivity contribution in [3.05, 3.63) is 24.3 Å². The molecule has 2 aliphatic rings. The van der Waals surface area contributed by atoms with Crippen molar-refractivity contribution in [1.29, 1.82) is 0 Å². The first-order chi connectivity index (χ1) is 13.9. The number of nitrogens with one attached hydrogen (secondary N) is 1. The lowest BCUT2D eigenvalue weighted by Gasteiger charge is -2.27. The van der Waals surface area contributed by atoms with Gasteiger partial charge in [0, 0.05) is 24.8 Å². The van der Waals surface area contributed by atoms with E-state index < -0.39 is 10.0 Å². The lowest BCUT2D eigenvalue weighted by molar-refractivity contribution is -0.113. The summed E-state index contributed by atoms with van der Waals surface area (Å²) >= 11 is 1.34. The van der Waals surface area contributed by atoms with Crippen LogP contribution in [0.4, 0.5) is 11.6 Å². The third-order valence-corrected chi connectivity index (χ3v) is 6.52. The van der Waals surface area contributed by atoms with E-state index in [9.17, 15) is 13.2 Å². The van der Waals surface area contributed by atoms with Crippen LogP contribution in [0.3, 0.4) is 0 Å². The van der Waals surface area contributed by atoms with E-state index in [1.54, 1.807) is 0 Å². The third kappa shape index (κ3) is 4.89. The van der Waals surface area contributed by atoms with Crippen molar-refractivity contribution < 1.29 is 17.9 Å². The molecule has 4 rings (SSSR count). The summed E-state index contributed by atoms with van der Waals surface area (Å²) in [6.45, 7) is 2.91. The number of aromatic nitrogens is 3. The maximum absolute atomic E-state index is 12.3. The molecule has 29 heavy (non-hydrogen) atoms. The van der Waals surface area contributed by atoms with E-state index in [0.717, 1.165) is 37.0 Å². The molecule has 0 radical (unpaired) electrons. The second kappa shape index (κ2) is 8.30. The van der Waals surface area contributed by atoms with Gasteiger partial charge in [0.1, 0.15) is 0 Å². The number of rotatable bonds is 7. The van der Waals surface area contributed by atoms with Crippen LogP contribution in [0.25, 0.3) is 0 Å². The quantitative estimate of drug-likeness (QED) is 0.608. The summed E-state index contributed by atoms with van der Waals surface area (Å²) < 4.78 is 30.1. The molecule has 12 heteroatoms. The Morgan fingerprint density at radius 2 is 1.90 bits per heavy atom. The van der Waals surface area contributed by atoms with Gasteiger partial charge in [0.2, 0.25) is 21.9 Å². The van der Waals surface area contributed by atoms with Crippen LogP contribution < -0.4 is 15.4 Å². The number of sulfonamides is 1. The monoisotopic (exact) mass is 438 g/mol. The summed E-state index contributed by atoms with van der Waals surface area (Å²) in [4.78, 5) is 14.5. The molecule has 2 heterocycles. The van der Waals surface area contributed by atoms with Crippen LogP contribution in [-0.4, -0.2) is 61.1 Å². The smallest absolute Gasteiger partial charge is 0.238 e. The van der Waals surface area contributed by atoms with E-state index in [4.69, 9.17) is 9.88 Å². The van der Waals surface area contributed by atoms with Crippen molar-refractivity contribution in [1.82, 2.24) is 14.8 Å². The molecule has 3 N–H and O–H groups in total. The van der Waals surface area contributed by atoms with Gasteiger partial charge < -0.3 is 15.0 Å². The van der Waals surface area contributed by atoms with E-state index >= 15 is 0 Å². The number of ether oxygens (including phenoxy) is 1. The average Bonchev–Trinajstić information content (AvgIpc) is 3.45. The van der Waals surface area contributed by atoms with E-state index in [2.05, 4.69) is 25.0 Å². The maximum Gasteiger partial charge on any atom is 0.238 e. The molecule has 1 saturated carbocycles. The molecule has 1 saturated heterocycles. The van der Waals surface area contributed by atoms with Gasteiger partial charge in [0.15, 0.2) is 5.16 Å². The summed E-state index contributed by atoms with van der Waals surface area (Å²) in [6, 6.07) is 6.11. The molecular weight excluding hydrogens is 416 g/mol. The topological polar surface area (TPSA) is 132 Å². The molecule has 156 valence electrons. The zero-order chi connectivity index (χ0) is 20.4. The molecule has 1 aliphatic heterocycles. The van der Waals surface area contributed by atoms with Gasteiger partial charge in [-0.3, -0.25) is 9.36 Å². The van der Waals surface area contributed by atoms with Crippen LogP contribution >= 0.6 is 11.8 Å². The van der Waals surface area contributed by atoms with E-state index in [-0.39, 0.29) is 16.6 Å². The first-order valence-corrected chi connectivity index (χ1v) is 11.8. The molecule has 0 spiro atoms. The zero-order valence-corrected chi connectivity index (χ0v) is 17.3. The number of hydrogen-bond donors (Lipinski definition) is 2. The number of carbonyl (C=O) groups is 1. The van der Waals surface area contributed by atoms with Gasteiger partial charge in [-0.25, -0.2) is 13.6 Å². The standard InChI is InChI=1S/C17H22N6O4S2/c18-29(25,26)14-5-1-12(2-6-14)19-15(24)11-28-17-21-20-16(23(17)13-3-4-13)22-7-9-27-10-8-22/h1-2,5-6,13H,3-4,7-11H2,(H,19,24)(H2,18,25,26). The van der Waals surface area contributed by atoms with Crippen molar-refractivity contribution in [3.63, 3.8) is 0 Å². The summed E-state index contributed by atoms with van der Waals surface area (Å²) in [7, 11) is -3.76. The number of anilines is 2. The molecular formula is C17H22N6O4S2. The Morgan fingerprint density at radius 1 is 1.21 bits per heavy atom. The van der Waals surface area contributed by atoms with Gasteiger partial charge in [-0.05, 0) is 37.1 Å². The highest BCUT2D eigenvalue weighted by atomic mass is 32.2. The van der Waals surface area contributed by atoms with E-state index in [1.807, 2.05) is 0 Å². The largest absolute Gasteiger partial charge is 0.378 e. The number of amides is 1. The molecule has 10 nitrogen and oxygen atoms in total. The Kier molecular flexibility index (Phi) is 5.76. The van der Waals surface area contributed by atoms with E-state index in [0.29, 0.717) is 24.9 Å². The normalized spacial score (nSPS) is 17.3. The SMILES string of the molecule is NS(=O)(=O)c1ccc(NC(=O)CSc2nnc(N3CCOCC3)n2C2CC2)cc1. The molecule has 1 amide bonds. The third-order valence-electron chi connectivity index (χ3n) is 4.65. The minimum atomic E-state index is -3.76. The molecule has 1 aromatic heterocycles. The number of benzene rings is 1. The summed E-state index contributed by atoms with van der Waals surface area (Å²) in [5.41, 5.74) is 0.501. The Hall–Kier alpha value is -2.15. The molecule has 1 aliphatic carbocycles. The van der Waals surface area contributed by atoms with Gasteiger partial charge in [-0.15, -0.1) is 10.2 Å². The Balaban J connectivity index is 1.38. The zero-order valence-electron chi connectivity index (χ0n) is 15.7. The summed E-state index contributed by atoms with van der Waals surface area (Å²) in [6.07, 6.45) is 2.18. The highest BCUT2D eigenvalue weighted by Gasteiger charge is 2.32. The fourth-order valence-electron chi connectivity index (χ4n) is 3.05. The number of morpholine rings is 1. The molecule has 0 atom stereocenters. The van der Waals surface area contributed by atoms with Crippen LogP contribution in [0.5, 0.6) is 0 Å². The maximum atomic E-state index is 12.3.